The van der Waals surface area contributed by atoms with E-state index in [2.05, 4.69) is 6.92 Å². The van der Waals surface area contributed by atoms with Crippen LogP contribution < -0.4 is 4.90 Å². The summed E-state index contributed by atoms with van der Waals surface area (Å²) in [6.07, 6.45) is 3.20. The summed E-state index contributed by atoms with van der Waals surface area (Å²) < 4.78 is 0. The fourth-order valence-corrected chi connectivity index (χ4v) is 4.30. The van der Waals surface area contributed by atoms with Crippen LogP contribution in [0.3, 0.4) is 0 Å². The average Bonchev–Trinajstić information content (AvgIpc) is 3.07. The number of carbonyl (C=O) groups excluding carboxylic acids is 2. The molecular weight excluding hydrogens is 432 g/mol. The van der Waals surface area contributed by atoms with Crippen molar-refractivity contribution in [1.29, 1.82) is 0 Å². The van der Waals surface area contributed by atoms with Gasteiger partial charge in [0, 0.05) is 13.1 Å². The number of hydrogen-bond donors (Lipinski definition) is 0. The lowest BCUT2D eigenvalue weighted by atomic mass is 10.1. The van der Waals surface area contributed by atoms with Crippen LogP contribution in [-0.2, 0) is 29.1 Å². The lowest BCUT2D eigenvalue weighted by molar-refractivity contribution is -0.121. The zero-order valence-electron chi connectivity index (χ0n) is 18.7. The summed E-state index contributed by atoms with van der Waals surface area (Å²) in [5, 5.41) is -0.0399. The van der Waals surface area contributed by atoms with Crippen molar-refractivity contribution >= 4 is 29.1 Å². The molecule has 0 radical (unpaired) electrons. The summed E-state index contributed by atoms with van der Waals surface area (Å²) in [7, 11) is 0. The van der Waals surface area contributed by atoms with Crippen molar-refractivity contribution in [3.63, 3.8) is 0 Å². The molecule has 1 aliphatic rings. The van der Waals surface area contributed by atoms with Gasteiger partial charge in [0.05, 0.1) is 5.69 Å². The van der Waals surface area contributed by atoms with E-state index in [-0.39, 0.29) is 10.7 Å². The number of imide groups is 1. The number of amides is 2. The van der Waals surface area contributed by atoms with E-state index in [1.54, 1.807) is 0 Å². The highest BCUT2D eigenvalue weighted by molar-refractivity contribution is 6.52. The fourth-order valence-electron chi connectivity index (χ4n) is 4.01. The lowest BCUT2D eigenvalue weighted by Gasteiger charge is -2.26. The molecule has 1 aliphatic heterocycles. The van der Waals surface area contributed by atoms with Gasteiger partial charge >= 0.3 is 0 Å². The van der Waals surface area contributed by atoms with E-state index in [9.17, 15) is 9.59 Å². The molecule has 5 heteroatoms. The van der Waals surface area contributed by atoms with Crippen LogP contribution >= 0.6 is 11.6 Å². The second-order valence-electron chi connectivity index (χ2n) is 8.21. The summed E-state index contributed by atoms with van der Waals surface area (Å²) in [5.41, 5.74) is 4.03. The zero-order valence-corrected chi connectivity index (χ0v) is 19.5. The van der Waals surface area contributed by atoms with Crippen molar-refractivity contribution in [2.75, 3.05) is 4.90 Å². The maximum Gasteiger partial charge on any atom is 0.283 e. The fraction of sp³-hybridized carbons (Fsp3) is 0.214. The van der Waals surface area contributed by atoms with E-state index in [1.165, 1.54) is 10.5 Å². The minimum atomic E-state index is -0.482. The number of rotatable bonds is 9. The monoisotopic (exact) mass is 458 g/mol. The Hall–Kier alpha value is -3.37. The number of benzene rings is 3. The van der Waals surface area contributed by atoms with Crippen LogP contribution in [0.2, 0.25) is 0 Å². The third-order valence-electron chi connectivity index (χ3n) is 5.77. The molecule has 0 saturated carbocycles. The van der Waals surface area contributed by atoms with Gasteiger partial charge in [-0.25, -0.2) is 4.90 Å². The van der Waals surface area contributed by atoms with E-state index in [1.807, 2.05) is 89.8 Å². The van der Waals surface area contributed by atoms with Crippen LogP contribution in [0.25, 0.3) is 0 Å². The van der Waals surface area contributed by atoms with Crippen molar-refractivity contribution < 1.29 is 9.59 Å². The first-order valence-corrected chi connectivity index (χ1v) is 11.7. The molecule has 0 fully saturated rings. The van der Waals surface area contributed by atoms with Crippen molar-refractivity contribution in [2.24, 2.45) is 0 Å². The quantitative estimate of drug-likeness (QED) is 0.366. The Morgan fingerprint density at radius 3 is 1.79 bits per heavy atom. The van der Waals surface area contributed by atoms with Crippen LogP contribution in [0.4, 0.5) is 5.69 Å². The first-order chi connectivity index (χ1) is 16.1. The molecular formula is C28H27ClN2O2. The van der Waals surface area contributed by atoms with E-state index >= 15 is 0 Å². The number of carbonyl (C=O) groups is 2. The molecule has 2 amide bonds. The summed E-state index contributed by atoms with van der Waals surface area (Å²) in [6.45, 7) is 3.08. The molecule has 0 saturated heterocycles. The van der Waals surface area contributed by atoms with Gasteiger partial charge < -0.3 is 4.90 Å². The van der Waals surface area contributed by atoms with Gasteiger partial charge in [-0.2, -0.15) is 0 Å². The highest BCUT2D eigenvalue weighted by atomic mass is 35.5. The first-order valence-electron chi connectivity index (χ1n) is 11.3. The zero-order chi connectivity index (χ0) is 23.2. The Labute approximate surface area is 200 Å². The van der Waals surface area contributed by atoms with Crippen LogP contribution in [0.5, 0.6) is 0 Å². The predicted molar refractivity (Wildman–Crippen MR) is 133 cm³/mol. The average molecular weight is 459 g/mol. The number of hydrogen-bond acceptors (Lipinski definition) is 3. The summed E-state index contributed by atoms with van der Waals surface area (Å²) in [5.74, 6) is -0.873. The van der Waals surface area contributed by atoms with Crippen LogP contribution in [-0.4, -0.2) is 16.7 Å². The maximum atomic E-state index is 13.5. The van der Waals surface area contributed by atoms with Gasteiger partial charge in [-0.05, 0) is 41.7 Å². The molecule has 0 unspecified atom stereocenters. The van der Waals surface area contributed by atoms with Gasteiger partial charge in [0.25, 0.3) is 11.8 Å². The molecule has 0 spiro atoms. The second kappa shape index (κ2) is 10.5. The van der Waals surface area contributed by atoms with E-state index in [0.717, 1.165) is 30.4 Å². The Morgan fingerprint density at radius 2 is 1.27 bits per heavy atom. The number of aryl methyl sites for hydroxylation is 1. The second-order valence-corrected chi connectivity index (χ2v) is 8.58. The first kappa shape index (κ1) is 22.8. The van der Waals surface area contributed by atoms with Crippen molar-refractivity contribution in [3.8, 4) is 0 Å². The van der Waals surface area contributed by atoms with E-state index in [4.69, 9.17) is 11.6 Å². The predicted octanol–water partition coefficient (Wildman–Crippen LogP) is 6.06. The van der Waals surface area contributed by atoms with Crippen LogP contribution in [0, 0.1) is 0 Å². The van der Waals surface area contributed by atoms with Crippen LogP contribution in [0.15, 0.2) is 95.7 Å². The summed E-state index contributed by atoms with van der Waals surface area (Å²) in [6, 6.07) is 27.3. The van der Waals surface area contributed by atoms with Gasteiger partial charge in [-0.1, -0.05) is 97.7 Å². The Balaban J connectivity index is 1.63. The molecule has 3 aromatic carbocycles. The molecule has 1 heterocycles. The maximum absolute atomic E-state index is 13.5. The molecule has 168 valence electrons. The number of unbranched alkanes of at least 4 members (excludes halogenated alkanes) is 1. The molecule has 0 aliphatic carbocycles. The lowest BCUT2D eigenvalue weighted by Crippen LogP contribution is -2.35. The van der Waals surface area contributed by atoms with E-state index < -0.39 is 11.8 Å². The standard InChI is InChI=1S/C28H27ClN2O2/c1-2-3-10-21-15-17-24(18-16-21)31-27(32)25(29)26(28(31)33)30(19-22-11-6-4-7-12-22)20-23-13-8-5-9-14-23/h4-9,11-18H,2-3,10,19-20H2,1H3. The third kappa shape index (κ3) is 5.18. The van der Waals surface area contributed by atoms with E-state index in [0.29, 0.717) is 18.8 Å². The highest BCUT2D eigenvalue weighted by Crippen LogP contribution is 2.33. The molecule has 3 aromatic rings. The molecule has 33 heavy (non-hydrogen) atoms. The Morgan fingerprint density at radius 1 is 0.727 bits per heavy atom. The molecule has 4 rings (SSSR count). The number of nitrogens with zero attached hydrogens (tertiary/aromatic N) is 2. The summed E-state index contributed by atoms with van der Waals surface area (Å²) >= 11 is 6.52. The normalized spacial score (nSPS) is 13.7. The highest BCUT2D eigenvalue weighted by Gasteiger charge is 2.41. The Bertz CT molecular complexity index is 1100. The van der Waals surface area contributed by atoms with Gasteiger partial charge in [0.2, 0.25) is 0 Å². The Kier molecular flexibility index (Phi) is 7.26. The molecule has 0 bridgehead atoms. The number of halogens is 1. The van der Waals surface area contributed by atoms with Crippen molar-refractivity contribution in [3.05, 3.63) is 112 Å². The minimum Gasteiger partial charge on any atom is -0.357 e. The topological polar surface area (TPSA) is 40.6 Å². The summed E-state index contributed by atoms with van der Waals surface area (Å²) in [4.78, 5) is 29.7. The van der Waals surface area contributed by atoms with Gasteiger partial charge in [-0.3, -0.25) is 9.59 Å². The largest absolute Gasteiger partial charge is 0.357 e. The van der Waals surface area contributed by atoms with Gasteiger partial charge in [0.15, 0.2) is 0 Å². The molecule has 0 N–H and O–H groups in total. The molecule has 4 nitrogen and oxygen atoms in total. The number of anilines is 1. The smallest absolute Gasteiger partial charge is 0.283 e. The van der Waals surface area contributed by atoms with Gasteiger partial charge in [-0.15, -0.1) is 0 Å². The molecule has 0 atom stereocenters. The SMILES string of the molecule is CCCCc1ccc(N2C(=O)C(Cl)=C(N(Cc3ccccc3)Cc3ccccc3)C2=O)cc1. The van der Waals surface area contributed by atoms with Gasteiger partial charge in [0.1, 0.15) is 10.7 Å². The minimum absolute atomic E-state index is 0.0399. The van der Waals surface area contributed by atoms with Crippen LogP contribution in [0.1, 0.15) is 36.5 Å². The van der Waals surface area contributed by atoms with Crippen molar-refractivity contribution in [1.82, 2.24) is 4.90 Å². The third-order valence-corrected chi connectivity index (χ3v) is 6.11. The molecule has 0 aromatic heterocycles. The van der Waals surface area contributed by atoms with Crippen molar-refractivity contribution in [2.45, 2.75) is 39.3 Å².